The largest absolute Gasteiger partial charge is 0.507 e. The summed E-state index contributed by atoms with van der Waals surface area (Å²) in [5.74, 6) is -0.746. The molecule has 0 saturated heterocycles. The second kappa shape index (κ2) is 6.22. The Morgan fingerprint density at radius 2 is 1.65 bits per heavy atom. The number of phenols is 1. The Hall–Kier alpha value is -2.66. The highest BCUT2D eigenvalue weighted by molar-refractivity contribution is 6.31. The standard InChI is InChI=1S/C18H17NO4/c1-23-10-4-9-19-13-7-8-14(20)16-15(13)17(21)11-5-2-3-6-12(11)18(16)22/h2-3,5-8,19-20H,4,9-10H2,1H3. The summed E-state index contributed by atoms with van der Waals surface area (Å²) in [7, 11) is 1.63. The summed E-state index contributed by atoms with van der Waals surface area (Å²) >= 11 is 0. The van der Waals surface area contributed by atoms with Crippen molar-refractivity contribution in [2.75, 3.05) is 25.6 Å². The third kappa shape index (κ3) is 2.59. The summed E-state index contributed by atoms with van der Waals surface area (Å²) in [6, 6.07) is 9.74. The van der Waals surface area contributed by atoms with Gasteiger partial charge < -0.3 is 15.2 Å². The average molecular weight is 311 g/mol. The van der Waals surface area contributed by atoms with Crippen molar-refractivity contribution in [1.82, 2.24) is 0 Å². The molecule has 0 bridgehead atoms. The van der Waals surface area contributed by atoms with Crippen molar-refractivity contribution in [3.05, 3.63) is 58.7 Å². The van der Waals surface area contributed by atoms with Crippen molar-refractivity contribution in [3.63, 3.8) is 0 Å². The monoisotopic (exact) mass is 311 g/mol. The van der Waals surface area contributed by atoms with Gasteiger partial charge in [-0.25, -0.2) is 0 Å². The molecule has 0 fully saturated rings. The number of benzene rings is 2. The fourth-order valence-corrected chi connectivity index (χ4v) is 2.79. The van der Waals surface area contributed by atoms with Crippen LogP contribution in [0, 0.1) is 0 Å². The van der Waals surface area contributed by atoms with Gasteiger partial charge in [-0.15, -0.1) is 0 Å². The fraction of sp³-hybridized carbons (Fsp3) is 0.222. The predicted octanol–water partition coefficient (Wildman–Crippen LogP) is 2.62. The van der Waals surface area contributed by atoms with Crippen LogP contribution < -0.4 is 5.32 Å². The van der Waals surface area contributed by atoms with Crippen LogP contribution in [0.5, 0.6) is 5.75 Å². The summed E-state index contributed by atoms with van der Waals surface area (Å²) in [5.41, 5.74) is 1.57. The SMILES string of the molecule is COCCCNc1ccc(O)c2c1C(=O)c1ccccc1C2=O. The van der Waals surface area contributed by atoms with Crippen LogP contribution in [-0.4, -0.2) is 36.9 Å². The zero-order valence-corrected chi connectivity index (χ0v) is 12.8. The molecule has 2 aromatic carbocycles. The Balaban J connectivity index is 2.04. The third-order valence-corrected chi connectivity index (χ3v) is 3.89. The van der Waals surface area contributed by atoms with E-state index in [9.17, 15) is 14.7 Å². The van der Waals surface area contributed by atoms with Crippen molar-refractivity contribution in [3.8, 4) is 5.75 Å². The van der Waals surface area contributed by atoms with Gasteiger partial charge >= 0.3 is 0 Å². The number of phenolic OH excluding ortho intramolecular Hbond substituents is 1. The normalized spacial score (nSPS) is 12.7. The van der Waals surface area contributed by atoms with Crippen LogP contribution in [0.4, 0.5) is 5.69 Å². The number of ether oxygens (including phenoxy) is 1. The first-order valence-corrected chi connectivity index (χ1v) is 7.42. The molecular formula is C18H17NO4. The molecule has 0 aliphatic heterocycles. The van der Waals surface area contributed by atoms with Crippen LogP contribution in [0.3, 0.4) is 0 Å². The van der Waals surface area contributed by atoms with Gasteiger partial charge in [-0.3, -0.25) is 9.59 Å². The van der Waals surface area contributed by atoms with Gasteiger partial charge in [0, 0.05) is 37.1 Å². The molecule has 5 heteroatoms. The number of aromatic hydroxyl groups is 1. The number of carbonyl (C=O) groups is 2. The van der Waals surface area contributed by atoms with E-state index in [1.165, 1.54) is 6.07 Å². The van der Waals surface area contributed by atoms with E-state index in [4.69, 9.17) is 4.74 Å². The maximum atomic E-state index is 12.8. The van der Waals surface area contributed by atoms with Crippen LogP contribution in [-0.2, 0) is 4.74 Å². The molecule has 0 saturated carbocycles. The Morgan fingerprint density at radius 1 is 1.00 bits per heavy atom. The van der Waals surface area contributed by atoms with Crippen LogP contribution in [0.15, 0.2) is 36.4 Å². The molecule has 0 spiro atoms. The molecule has 0 unspecified atom stereocenters. The number of hydrogen-bond donors (Lipinski definition) is 2. The molecule has 0 amide bonds. The van der Waals surface area contributed by atoms with Crippen LogP contribution in [0.2, 0.25) is 0 Å². The maximum Gasteiger partial charge on any atom is 0.198 e. The van der Waals surface area contributed by atoms with Gasteiger partial charge in [0.1, 0.15) is 5.75 Å². The minimum Gasteiger partial charge on any atom is -0.507 e. The van der Waals surface area contributed by atoms with Crippen LogP contribution >= 0.6 is 0 Å². The lowest BCUT2D eigenvalue weighted by Crippen LogP contribution is -2.23. The lowest BCUT2D eigenvalue weighted by atomic mass is 9.82. The summed E-state index contributed by atoms with van der Waals surface area (Å²) in [6.45, 7) is 1.21. The molecule has 3 rings (SSSR count). The maximum absolute atomic E-state index is 12.8. The molecule has 23 heavy (non-hydrogen) atoms. The lowest BCUT2D eigenvalue weighted by Gasteiger charge is -2.21. The van der Waals surface area contributed by atoms with Gasteiger partial charge in [-0.1, -0.05) is 24.3 Å². The van der Waals surface area contributed by atoms with Crippen LogP contribution in [0.1, 0.15) is 38.3 Å². The quantitative estimate of drug-likeness (QED) is 0.559. The molecule has 118 valence electrons. The van der Waals surface area contributed by atoms with E-state index in [1.54, 1.807) is 37.4 Å². The first-order valence-electron chi connectivity index (χ1n) is 7.42. The lowest BCUT2D eigenvalue weighted by molar-refractivity contribution is 0.0977. The number of fused-ring (bicyclic) bond motifs is 2. The van der Waals surface area contributed by atoms with Crippen molar-refractivity contribution in [1.29, 1.82) is 0 Å². The molecule has 0 heterocycles. The van der Waals surface area contributed by atoms with Gasteiger partial charge in [-0.05, 0) is 18.6 Å². The zero-order chi connectivity index (χ0) is 16.4. The number of carbonyl (C=O) groups excluding carboxylic acids is 2. The van der Waals surface area contributed by atoms with E-state index in [0.29, 0.717) is 30.0 Å². The number of anilines is 1. The third-order valence-electron chi connectivity index (χ3n) is 3.89. The average Bonchev–Trinajstić information content (AvgIpc) is 2.57. The molecule has 0 atom stereocenters. The fourth-order valence-electron chi connectivity index (χ4n) is 2.79. The molecular weight excluding hydrogens is 294 g/mol. The highest BCUT2D eigenvalue weighted by Crippen LogP contribution is 2.36. The Kier molecular flexibility index (Phi) is 4.12. The Labute approximate surface area is 133 Å². The van der Waals surface area contributed by atoms with Gasteiger partial charge in [0.15, 0.2) is 11.6 Å². The second-order valence-electron chi connectivity index (χ2n) is 5.36. The zero-order valence-electron chi connectivity index (χ0n) is 12.8. The van der Waals surface area contributed by atoms with Crippen molar-refractivity contribution in [2.24, 2.45) is 0 Å². The topological polar surface area (TPSA) is 75.6 Å². The molecule has 1 aliphatic carbocycles. The number of hydrogen-bond acceptors (Lipinski definition) is 5. The minimum absolute atomic E-state index is 0.0745. The van der Waals surface area contributed by atoms with E-state index in [0.717, 1.165) is 6.42 Å². The van der Waals surface area contributed by atoms with E-state index in [-0.39, 0.29) is 28.4 Å². The summed E-state index contributed by atoms with van der Waals surface area (Å²) < 4.78 is 5.00. The van der Waals surface area contributed by atoms with E-state index in [1.807, 2.05) is 0 Å². The van der Waals surface area contributed by atoms with E-state index < -0.39 is 0 Å². The summed E-state index contributed by atoms with van der Waals surface area (Å²) in [6.07, 6.45) is 0.769. The van der Waals surface area contributed by atoms with Crippen molar-refractivity contribution >= 4 is 17.3 Å². The first kappa shape index (κ1) is 15.2. The van der Waals surface area contributed by atoms with Gasteiger partial charge in [0.2, 0.25) is 0 Å². The minimum atomic E-state index is -0.326. The van der Waals surface area contributed by atoms with Crippen molar-refractivity contribution < 1.29 is 19.4 Å². The molecule has 0 aromatic heterocycles. The molecule has 0 radical (unpaired) electrons. The Bertz CT molecular complexity index is 783. The highest BCUT2D eigenvalue weighted by Gasteiger charge is 2.33. The highest BCUT2D eigenvalue weighted by atomic mass is 16.5. The Morgan fingerprint density at radius 3 is 2.30 bits per heavy atom. The number of rotatable bonds is 5. The molecule has 5 nitrogen and oxygen atoms in total. The van der Waals surface area contributed by atoms with Crippen molar-refractivity contribution in [2.45, 2.75) is 6.42 Å². The van der Waals surface area contributed by atoms with E-state index >= 15 is 0 Å². The summed E-state index contributed by atoms with van der Waals surface area (Å²) in [5, 5.41) is 13.2. The second-order valence-corrected chi connectivity index (χ2v) is 5.36. The van der Waals surface area contributed by atoms with Gasteiger partial charge in [0.05, 0.1) is 11.1 Å². The first-order chi connectivity index (χ1) is 11.1. The summed E-state index contributed by atoms with van der Waals surface area (Å²) in [4.78, 5) is 25.4. The number of nitrogens with one attached hydrogen (secondary N) is 1. The molecule has 2 aromatic rings. The van der Waals surface area contributed by atoms with E-state index in [2.05, 4.69) is 5.32 Å². The predicted molar refractivity (Wildman–Crippen MR) is 86.4 cm³/mol. The van der Waals surface area contributed by atoms with Crippen LogP contribution in [0.25, 0.3) is 0 Å². The smallest absolute Gasteiger partial charge is 0.198 e. The molecule has 1 aliphatic rings. The number of ketones is 2. The van der Waals surface area contributed by atoms with Gasteiger partial charge in [0.25, 0.3) is 0 Å². The molecule has 2 N–H and O–H groups in total. The van der Waals surface area contributed by atoms with Gasteiger partial charge in [-0.2, -0.15) is 0 Å². The number of methoxy groups -OCH3 is 1.